The lowest BCUT2D eigenvalue weighted by atomic mass is 9.89. The molecule has 5 N–H and O–H groups in total. The number of hydrogen-bond donors (Lipinski definition) is 4. The second-order valence-corrected chi connectivity index (χ2v) is 8.84. The van der Waals surface area contributed by atoms with Gasteiger partial charge >= 0.3 is 0 Å². The highest BCUT2D eigenvalue weighted by Gasteiger charge is 2.21. The van der Waals surface area contributed by atoms with Crippen molar-refractivity contribution in [2.75, 3.05) is 31.5 Å². The number of allylic oxidation sites excluding steroid dienone is 1. The number of likely N-dealkylation sites (N-methyl/N-ethyl adjacent to an activating group) is 1. The summed E-state index contributed by atoms with van der Waals surface area (Å²) in [5, 5.41) is 16.5. The van der Waals surface area contributed by atoms with Crippen LogP contribution in [-0.2, 0) is 6.42 Å². The van der Waals surface area contributed by atoms with E-state index < -0.39 is 0 Å². The van der Waals surface area contributed by atoms with Gasteiger partial charge in [0.1, 0.15) is 0 Å². The molecular formula is C27H34N6. The number of hydrogen-bond acceptors (Lipinski definition) is 6. The molecular weight excluding hydrogens is 408 g/mol. The quantitative estimate of drug-likeness (QED) is 0.416. The van der Waals surface area contributed by atoms with E-state index >= 15 is 0 Å². The van der Waals surface area contributed by atoms with Gasteiger partial charge < -0.3 is 16.1 Å². The Morgan fingerprint density at radius 3 is 2.88 bits per heavy atom. The summed E-state index contributed by atoms with van der Waals surface area (Å²) in [6.45, 7) is 8.29. The molecule has 0 saturated carbocycles. The summed E-state index contributed by atoms with van der Waals surface area (Å²) < 4.78 is 0. The fourth-order valence-corrected chi connectivity index (χ4v) is 4.75. The number of nitrogens with two attached hydrogens (primary N) is 1. The lowest BCUT2D eigenvalue weighted by molar-refractivity contribution is 0.319. The third-order valence-corrected chi connectivity index (χ3v) is 6.70. The van der Waals surface area contributed by atoms with Crippen molar-refractivity contribution in [3.8, 4) is 6.07 Å². The Hall–Kier alpha value is -3.27. The number of nitrogens with one attached hydrogen (secondary N) is 3. The van der Waals surface area contributed by atoms with Crippen molar-refractivity contribution in [2.45, 2.75) is 39.2 Å². The molecule has 0 amide bonds. The van der Waals surface area contributed by atoms with E-state index in [2.05, 4.69) is 58.2 Å². The van der Waals surface area contributed by atoms with E-state index in [1.165, 1.54) is 22.3 Å². The van der Waals surface area contributed by atoms with E-state index in [1.807, 2.05) is 31.2 Å². The number of nitriles is 1. The summed E-state index contributed by atoms with van der Waals surface area (Å²) in [7, 11) is 0. The van der Waals surface area contributed by atoms with Crippen LogP contribution in [0.15, 0.2) is 54.2 Å². The fraction of sp³-hybridized carbons (Fsp3) is 0.370. The first kappa shape index (κ1) is 22.9. The molecule has 172 valence electrons. The van der Waals surface area contributed by atoms with Crippen molar-refractivity contribution in [3.05, 3.63) is 76.5 Å². The molecule has 0 aromatic heterocycles. The van der Waals surface area contributed by atoms with Crippen LogP contribution < -0.4 is 21.9 Å². The van der Waals surface area contributed by atoms with Crippen molar-refractivity contribution in [2.24, 2.45) is 5.84 Å². The zero-order chi connectivity index (χ0) is 23.2. The van der Waals surface area contributed by atoms with Crippen LogP contribution in [0.25, 0.3) is 11.3 Å². The molecule has 2 aliphatic rings. The van der Waals surface area contributed by atoms with Crippen LogP contribution in [0.1, 0.15) is 48.9 Å². The van der Waals surface area contributed by atoms with Crippen LogP contribution in [0.4, 0.5) is 5.69 Å². The monoisotopic (exact) mass is 442 g/mol. The Labute approximate surface area is 197 Å². The number of rotatable bonds is 5. The highest BCUT2D eigenvalue weighted by molar-refractivity contribution is 5.74. The molecule has 0 saturated heterocycles. The Kier molecular flexibility index (Phi) is 7.33. The van der Waals surface area contributed by atoms with Crippen molar-refractivity contribution in [3.63, 3.8) is 0 Å². The predicted molar refractivity (Wildman–Crippen MR) is 136 cm³/mol. The van der Waals surface area contributed by atoms with Crippen LogP contribution in [0.5, 0.6) is 0 Å². The number of hydrazine groups is 1. The minimum absolute atomic E-state index is 0.254. The van der Waals surface area contributed by atoms with Crippen LogP contribution in [0, 0.1) is 11.3 Å². The first-order chi connectivity index (χ1) is 16.1. The molecule has 2 heterocycles. The maximum atomic E-state index is 9.25. The first-order valence-electron chi connectivity index (χ1n) is 11.8. The van der Waals surface area contributed by atoms with E-state index in [0.29, 0.717) is 5.56 Å². The Morgan fingerprint density at radius 2 is 2.15 bits per heavy atom. The zero-order valence-electron chi connectivity index (χ0n) is 19.6. The molecule has 33 heavy (non-hydrogen) atoms. The molecule has 2 aromatic carbocycles. The molecule has 6 nitrogen and oxygen atoms in total. The van der Waals surface area contributed by atoms with Gasteiger partial charge in [-0.25, -0.2) is 0 Å². The molecule has 2 aromatic rings. The maximum absolute atomic E-state index is 9.25. The third-order valence-electron chi connectivity index (χ3n) is 6.70. The highest BCUT2D eigenvalue weighted by Crippen LogP contribution is 2.30. The van der Waals surface area contributed by atoms with Crippen LogP contribution in [0.2, 0.25) is 0 Å². The summed E-state index contributed by atoms with van der Waals surface area (Å²) in [6, 6.07) is 17.1. The van der Waals surface area contributed by atoms with Crippen molar-refractivity contribution in [1.82, 2.24) is 15.6 Å². The van der Waals surface area contributed by atoms with Crippen LogP contribution in [0.3, 0.4) is 0 Å². The van der Waals surface area contributed by atoms with Gasteiger partial charge in [-0.1, -0.05) is 37.3 Å². The van der Waals surface area contributed by atoms with Gasteiger partial charge in [0, 0.05) is 42.6 Å². The highest BCUT2D eigenvalue weighted by atomic mass is 15.2. The number of benzene rings is 2. The van der Waals surface area contributed by atoms with E-state index in [0.717, 1.165) is 62.5 Å². The van der Waals surface area contributed by atoms with Crippen molar-refractivity contribution >= 4 is 17.0 Å². The Balaban J connectivity index is 1.67. The molecule has 0 bridgehead atoms. The molecule has 2 aliphatic heterocycles. The smallest absolute Gasteiger partial charge is 0.0992 e. The van der Waals surface area contributed by atoms with Gasteiger partial charge in [-0.15, -0.1) is 0 Å². The topological polar surface area (TPSA) is 89.1 Å². The SMILES string of the molecule is CCN1CC=C(c2ccc3c(c2)CC(Nc2cccc(C#N)c2)CCN/C3=C(/C)NN)CC1. The van der Waals surface area contributed by atoms with Gasteiger partial charge in [0.15, 0.2) is 0 Å². The first-order valence-corrected chi connectivity index (χ1v) is 11.8. The maximum Gasteiger partial charge on any atom is 0.0992 e. The molecule has 0 fully saturated rings. The van der Waals surface area contributed by atoms with E-state index in [-0.39, 0.29) is 6.04 Å². The summed E-state index contributed by atoms with van der Waals surface area (Å²) in [6.07, 6.45) is 5.31. The number of fused-ring (bicyclic) bond motifs is 1. The molecule has 1 atom stereocenters. The molecule has 0 aliphatic carbocycles. The van der Waals surface area contributed by atoms with E-state index in [4.69, 9.17) is 5.84 Å². The van der Waals surface area contributed by atoms with Crippen LogP contribution in [-0.4, -0.2) is 37.1 Å². The van der Waals surface area contributed by atoms with Crippen molar-refractivity contribution in [1.29, 1.82) is 5.26 Å². The second-order valence-electron chi connectivity index (χ2n) is 8.84. The zero-order valence-corrected chi connectivity index (χ0v) is 19.6. The third kappa shape index (κ3) is 5.39. The minimum atomic E-state index is 0.254. The summed E-state index contributed by atoms with van der Waals surface area (Å²) in [5.74, 6) is 5.78. The Bertz CT molecular complexity index is 1090. The largest absolute Gasteiger partial charge is 0.383 e. The van der Waals surface area contributed by atoms with Gasteiger partial charge in [0.05, 0.1) is 17.3 Å². The van der Waals surface area contributed by atoms with Gasteiger partial charge in [0.25, 0.3) is 0 Å². The standard InChI is InChI=1S/C27H34N6/c1-3-33-13-10-21(11-14-33)22-7-8-26-23(16-22)17-25(9-12-30-27(26)19(2)32-29)31-24-6-4-5-20(15-24)18-28/h4-8,10,15-16,25,30-32H,3,9,11-14,17,29H2,1-2H3/b27-19-. The van der Waals surface area contributed by atoms with Gasteiger partial charge in [-0.3, -0.25) is 10.7 Å². The van der Waals surface area contributed by atoms with Crippen LogP contribution >= 0.6 is 0 Å². The van der Waals surface area contributed by atoms with Gasteiger partial charge in [-0.2, -0.15) is 5.26 Å². The second kappa shape index (κ2) is 10.6. The molecule has 1 unspecified atom stereocenters. The number of anilines is 1. The van der Waals surface area contributed by atoms with Gasteiger partial charge in [-0.05, 0) is 67.6 Å². The Morgan fingerprint density at radius 1 is 1.27 bits per heavy atom. The van der Waals surface area contributed by atoms with Crippen molar-refractivity contribution < 1.29 is 0 Å². The molecule has 6 heteroatoms. The number of nitrogens with zero attached hydrogens (tertiary/aromatic N) is 2. The summed E-state index contributed by atoms with van der Waals surface area (Å²) >= 11 is 0. The lowest BCUT2D eigenvalue weighted by Gasteiger charge is -2.29. The lowest BCUT2D eigenvalue weighted by Crippen LogP contribution is -2.33. The fourth-order valence-electron chi connectivity index (χ4n) is 4.75. The van der Waals surface area contributed by atoms with Gasteiger partial charge in [0.2, 0.25) is 0 Å². The normalized spacial score (nSPS) is 20.3. The average molecular weight is 443 g/mol. The van der Waals surface area contributed by atoms with E-state index in [9.17, 15) is 5.26 Å². The summed E-state index contributed by atoms with van der Waals surface area (Å²) in [5.41, 5.74) is 11.7. The predicted octanol–water partition coefficient (Wildman–Crippen LogP) is 3.84. The average Bonchev–Trinajstić information content (AvgIpc) is 2.85. The molecule has 4 rings (SSSR count). The minimum Gasteiger partial charge on any atom is -0.383 e. The van der Waals surface area contributed by atoms with E-state index in [1.54, 1.807) is 0 Å². The molecule has 0 spiro atoms. The summed E-state index contributed by atoms with van der Waals surface area (Å²) in [4.78, 5) is 2.47. The molecule has 0 radical (unpaired) electrons.